The average molecular weight is 276 g/mol. The maximum atomic E-state index is 4.56. The summed E-state index contributed by atoms with van der Waals surface area (Å²) in [6.45, 7) is 10.3. The molecule has 0 aliphatic heterocycles. The van der Waals surface area contributed by atoms with Crippen LogP contribution in [-0.4, -0.2) is 17.6 Å². The average Bonchev–Trinajstić information content (AvgIpc) is 2.51. The van der Waals surface area contributed by atoms with Crippen LogP contribution in [0.25, 0.3) is 0 Å². The van der Waals surface area contributed by atoms with Crippen LogP contribution < -0.4 is 5.32 Å². The first-order valence-corrected chi connectivity index (χ1v) is 8.38. The maximum absolute atomic E-state index is 4.56. The van der Waals surface area contributed by atoms with Gasteiger partial charge < -0.3 is 5.32 Å². The van der Waals surface area contributed by atoms with Gasteiger partial charge in [0.15, 0.2) is 0 Å². The highest BCUT2D eigenvalue weighted by Gasteiger charge is 2.26. The molecule has 1 aromatic heterocycles. The van der Waals surface area contributed by atoms with Gasteiger partial charge in [-0.25, -0.2) is 0 Å². The first-order chi connectivity index (χ1) is 9.74. The number of rotatable bonds is 10. The van der Waals surface area contributed by atoms with Crippen molar-refractivity contribution < 1.29 is 0 Å². The molecule has 0 aliphatic carbocycles. The van der Waals surface area contributed by atoms with Crippen molar-refractivity contribution in [2.75, 3.05) is 6.54 Å². The van der Waals surface area contributed by atoms with E-state index in [0.717, 1.165) is 12.5 Å². The summed E-state index contributed by atoms with van der Waals surface area (Å²) in [6.07, 6.45) is 8.29. The summed E-state index contributed by atoms with van der Waals surface area (Å²) in [5.74, 6) is 1.23. The lowest BCUT2D eigenvalue weighted by Crippen LogP contribution is -2.41. The standard InChI is InChI=1S/C18H32N2/c1-5-8-11-16(7-3)18(20-13-6-2)15(4)17-12-9-10-14-19-17/h9-10,12,14-16,18,20H,5-8,11,13H2,1-4H3. The summed E-state index contributed by atoms with van der Waals surface area (Å²) in [6, 6.07) is 6.81. The fourth-order valence-corrected chi connectivity index (χ4v) is 3.00. The van der Waals surface area contributed by atoms with Gasteiger partial charge in [0.05, 0.1) is 0 Å². The highest BCUT2D eigenvalue weighted by molar-refractivity contribution is 5.11. The third kappa shape index (κ3) is 5.24. The van der Waals surface area contributed by atoms with E-state index in [-0.39, 0.29) is 0 Å². The summed E-state index contributed by atoms with van der Waals surface area (Å²) < 4.78 is 0. The lowest BCUT2D eigenvalue weighted by molar-refractivity contribution is 0.283. The number of nitrogens with zero attached hydrogens (tertiary/aromatic N) is 1. The number of pyridine rings is 1. The summed E-state index contributed by atoms with van der Waals surface area (Å²) in [5, 5.41) is 3.79. The van der Waals surface area contributed by atoms with Crippen LogP contribution >= 0.6 is 0 Å². The Labute approximate surface area is 125 Å². The normalized spacial score (nSPS) is 15.8. The van der Waals surface area contributed by atoms with Crippen molar-refractivity contribution in [3.05, 3.63) is 30.1 Å². The molecule has 114 valence electrons. The van der Waals surface area contributed by atoms with Crippen molar-refractivity contribution in [3.63, 3.8) is 0 Å². The summed E-state index contributed by atoms with van der Waals surface area (Å²) in [4.78, 5) is 4.56. The molecule has 0 spiro atoms. The Morgan fingerprint density at radius 3 is 2.50 bits per heavy atom. The molecule has 2 heteroatoms. The van der Waals surface area contributed by atoms with E-state index >= 15 is 0 Å². The van der Waals surface area contributed by atoms with Crippen molar-refractivity contribution in [2.24, 2.45) is 5.92 Å². The Morgan fingerprint density at radius 2 is 1.95 bits per heavy atom. The van der Waals surface area contributed by atoms with Crippen molar-refractivity contribution in [1.29, 1.82) is 0 Å². The topological polar surface area (TPSA) is 24.9 Å². The molecule has 0 radical (unpaired) electrons. The smallest absolute Gasteiger partial charge is 0.0447 e. The van der Waals surface area contributed by atoms with Crippen LogP contribution in [0.4, 0.5) is 0 Å². The molecule has 0 saturated heterocycles. The SMILES string of the molecule is CCCCC(CC)C(NCCC)C(C)c1ccccn1. The van der Waals surface area contributed by atoms with Gasteiger partial charge in [-0.15, -0.1) is 0 Å². The number of hydrogen-bond acceptors (Lipinski definition) is 2. The van der Waals surface area contributed by atoms with E-state index in [0.29, 0.717) is 12.0 Å². The van der Waals surface area contributed by atoms with E-state index in [9.17, 15) is 0 Å². The lowest BCUT2D eigenvalue weighted by atomic mass is 9.82. The summed E-state index contributed by atoms with van der Waals surface area (Å²) in [5.41, 5.74) is 1.22. The second kappa shape index (κ2) is 9.93. The fourth-order valence-electron chi connectivity index (χ4n) is 3.00. The minimum absolute atomic E-state index is 0.476. The van der Waals surface area contributed by atoms with Gasteiger partial charge in [0, 0.05) is 23.9 Å². The van der Waals surface area contributed by atoms with Gasteiger partial charge in [-0.1, -0.05) is 53.0 Å². The van der Waals surface area contributed by atoms with Gasteiger partial charge in [-0.2, -0.15) is 0 Å². The third-order valence-electron chi connectivity index (χ3n) is 4.28. The highest BCUT2D eigenvalue weighted by atomic mass is 14.9. The lowest BCUT2D eigenvalue weighted by Gasteiger charge is -2.32. The second-order valence-electron chi connectivity index (χ2n) is 5.83. The van der Waals surface area contributed by atoms with E-state index in [4.69, 9.17) is 0 Å². The van der Waals surface area contributed by atoms with Crippen molar-refractivity contribution >= 4 is 0 Å². The van der Waals surface area contributed by atoms with Crippen molar-refractivity contribution in [1.82, 2.24) is 10.3 Å². The molecule has 3 unspecified atom stereocenters. The summed E-state index contributed by atoms with van der Waals surface area (Å²) >= 11 is 0. The predicted octanol–water partition coefficient (Wildman–Crippen LogP) is 4.77. The van der Waals surface area contributed by atoms with Crippen LogP contribution in [0.2, 0.25) is 0 Å². The maximum Gasteiger partial charge on any atom is 0.0447 e. The van der Waals surface area contributed by atoms with Gasteiger partial charge >= 0.3 is 0 Å². The molecular weight excluding hydrogens is 244 g/mol. The molecule has 2 nitrogen and oxygen atoms in total. The van der Waals surface area contributed by atoms with Crippen LogP contribution in [0.3, 0.4) is 0 Å². The summed E-state index contributed by atoms with van der Waals surface area (Å²) in [7, 11) is 0. The van der Waals surface area contributed by atoms with Gasteiger partial charge in [0.1, 0.15) is 0 Å². The Hall–Kier alpha value is -0.890. The number of nitrogens with one attached hydrogen (secondary N) is 1. The predicted molar refractivity (Wildman–Crippen MR) is 88.0 cm³/mol. The zero-order valence-electron chi connectivity index (χ0n) is 13.7. The number of hydrogen-bond donors (Lipinski definition) is 1. The second-order valence-corrected chi connectivity index (χ2v) is 5.83. The molecule has 0 bridgehead atoms. The Bertz CT molecular complexity index is 337. The molecule has 3 atom stereocenters. The van der Waals surface area contributed by atoms with Crippen LogP contribution in [0.15, 0.2) is 24.4 Å². The molecule has 0 aliphatic rings. The Morgan fingerprint density at radius 1 is 1.15 bits per heavy atom. The molecule has 1 aromatic rings. The van der Waals surface area contributed by atoms with Gasteiger partial charge in [-0.05, 0) is 37.4 Å². The molecule has 20 heavy (non-hydrogen) atoms. The van der Waals surface area contributed by atoms with E-state index in [1.165, 1.54) is 37.8 Å². The first kappa shape index (κ1) is 17.2. The molecule has 0 aromatic carbocycles. The van der Waals surface area contributed by atoms with E-state index in [2.05, 4.69) is 50.1 Å². The van der Waals surface area contributed by atoms with Gasteiger partial charge in [-0.3, -0.25) is 4.98 Å². The van der Waals surface area contributed by atoms with Crippen molar-refractivity contribution in [3.8, 4) is 0 Å². The zero-order chi connectivity index (χ0) is 14.8. The van der Waals surface area contributed by atoms with Crippen LogP contribution in [0.5, 0.6) is 0 Å². The van der Waals surface area contributed by atoms with E-state index < -0.39 is 0 Å². The highest BCUT2D eigenvalue weighted by Crippen LogP contribution is 2.28. The Kier molecular flexibility index (Phi) is 8.52. The first-order valence-electron chi connectivity index (χ1n) is 8.38. The molecule has 0 fully saturated rings. The molecule has 1 rings (SSSR count). The van der Waals surface area contributed by atoms with Crippen LogP contribution in [-0.2, 0) is 0 Å². The molecular formula is C18H32N2. The largest absolute Gasteiger partial charge is 0.313 e. The third-order valence-corrected chi connectivity index (χ3v) is 4.28. The Balaban J connectivity index is 2.80. The van der Waals surface area contributed by atoms with Gasteiger partial charge in [0.25, 0.3) is 0 Å². The molecule has 0 amide bonds. The number of unbranched alkanes of at least 4 members (excludes halogenated alkanes) is 1. The minimum atomic E-state index is 0.476. The van der Waals surface area contributed by atoms with Crippen LogP contribution in [0, 0.1) is 5.92 Å². The molecule has 1 heterocycles. The minimum Gasteiger partial charge on any atom is -0.313 e. The monoisotopic (exact) mass is 276 g/mol. The van der Waals surface area contributed by atoms with E-state index in [1.54, 1.807) is 0 Å². The molecule has 1 N–H and O–H groups in total. The zero-order valence-corrected chi connectivity index (χ0v) is 13.7. The quantitative estimate of drug-likeness (QED) is 0.666. The van der Waals surface area contributed by atoms with E-state index in [1.807, 2.05) is 12.3 Å². The van der Waals surface area contributed by atoms with Crippen LogP contribution in [0.1, 0.15) is 71.4 Å². The van der Waals surface area contributed by atoms with Crippen molar-refractivity contribution in [2.45, 2.75) is 71.8 Å². The number of aromatic nitrogens is 1. The molecule has 0 saturated carbocycles. The fraction of sp³-hybridized carbons (Fsp3) is 0.722. The van der Waals surface area contributed by atoms with Gasteiger partial charge in [0.2, 0.25) is 0 Å².